The van der Waals surface area contributed by atoms with Crippen LogP contribution in [-0.2, 0) is 11.3 Å². The van der Waals surface area contributed by atoms with E-state index in [0.29, 0.717) is 10.7 Å². The SMILES string of the molecule is CCOC(=O)c1cc(C)nn(Cc2ccc(Cl)cc2)c1=O. The Hall–Kier alpha value is -2.14. The summed E-state index contributed by atoms with van der Waals surface area (Å²) in [6.07, 6.45) is 0. The number of rotatable bonds is 4. The number of carbonyl (C=O) groups is 1. The van der Waals surface area contributed by atoms with Crippen molar-refractivity contribution in [1.82, 2.24) is 9.78 Å². The second-order valence-corrected chi connectivity index (χ2v) is 4.95. The van der Waals surface area contributed by atoms with Gasteiger partial charge in [0.1, 0.15) is 5.56 Å². The molecule has 21 heavy (non-hydrogen) atoms. The van der Waals surface area contributed by atoms with Crippen LogP contribution in [0.3, 0.4) is 0 Å². The highest BCUT2D eigenvalue weighted by Crippen LogP contribution is 2.10. The molecule has 0 aliphatic carbocycles. The minimum absolute atomic E-state index is 0.00156. The van der Waals surface area contributed by atoms with Crippen LogP contribution in [0.1, 0.15) is 28.5 Å². The number of aromatic nitrogens is 2. The third-order valence-corrected chi connectivity index (χ3v) is 3.09. The number of esters is 1. The highest BCUT2D eigenvalue weighted by Gasteiger charge is 2.15. The molecule has 0 radical (unpaired) electrons. The summed E-state index contributed by atoms with van der Waals surface area (Å²) in [5, 5.41) is 4.78. The molecule has 0 atom stereocenters. The maximum absolute atomic E-state index is 12.3. The summed E-state index contributed by atoms with van der Waals surface area (Å²) in [4.78, 5) is 24.1. The van der Waals surface area contributed by atoms with Crippen molar-refractivity contribution < 1.29 is 9.53 Å². The highest BCUT2D eigenvalue weighted by molar-refractivity contribution is 6.30. The number of carbonyl (C=O) groups excluding carboxylic acids is 1. The standard InChI is InChI=1S/C15H15ClN2O3/c1-3-21-15(20)13-8-10(2)17-18(14(13)19)9-11-4-6-12(16)7-5-11/h4-8H,3,9H2,1-2H3. The highest BCUT2D eigenvalue weighted by atomic mass is 35.5. The lowest BCUT2D eigenvalue weighted by atomic mass is 10.2. The van der Waals surface area contributed by atoms with E-state index in [0.717, 1.165) is 5.56 Å². The lowest BCUT2D eigenvalue weighted by molar-refractivity contribution is 0.0523. The predicted octanol–water partition coefficient (Wildman–Crippen LogP) is 2.43. The Kier molecular flexibility index (Phi) is 4.75. The molecule has 0 N–H and O–H groups in total. The Balaban J connectivity index is 2.38. The second-order valence-electron chi connectivity index (χ2n) is 4.51. The Morgan fingerprint density at radius 1 is 1.33 bits per heavy atom. The molecule has 2 rings (SSSR count). The van der Waals surface area contributed by atoms with Gasteiger partial charge in [-0.3, -0.25) is 4.79 Å². The summed E-state index contributed by atoms with van der Waals surface area (Å²) in [5.74, 6) is -0.627. The molecule has 0 saturated heterocycles. The fourth-order valence-corrected chi connectivity index (χ4v) is 2.03. The molecule has 0 spiro atoms. The molecule has 0 aliphatic heterocycles. The van der Waals surface area contributed by atoms with Crippen LogP contribution in [0, 0.1) is 6.92 Å². The normalized spacial score (nSPS) is 10.4. The molecule has 110 valence electrons. The van der Waals surface area contributed by atoms with Crippen molar-refractivity contribution in [2.45, 2.75) is 20.4 Å². The van der Waals surface area contributed by atoms with Gasteiger partial charge in [0.15, 0.2) is 0 Å². The molecule has 0 amide bonds. The molecule has 5 nitrogen and oxygen atoms in total. The van der Waals surface area contributed by atoms with Crippen molar-refractivity contribution in [3.63, 3.8) is 0 Å². The summed E-state index contributed by atoms with van der Waals surface area (Å²) in [5.41, 5.74) is 0.980. The van der Waals surface area contributed by atoms with Gasteiger partial charge in [-0.1, -0.05) is 23.7 Å². The van der Waals surface area contributed by atoms with Crippen LogP contribution in [0.15, 0.2) is 35.1 Å². The van der Waals surface area contributed by atoms with Crippen molar-refractivity contribution in [1.29, 1.82) is 0 Å². The van der Waals surface area contributed by atoms with Gasteiger partial charge in [0.05, 0.1) is 18.8 Å². The zero-order valence-electron chi connectivity index (χ0n) is 11.8. The van der Waals surface area contributed by atoms with Gasteiger partial charge >= 0.3 is 5.97 Å². The van der Waals surface area contributed by atoms with Crippen molar-refractivity contribution in [3.8, 4) is 0 Å². The average Bonchev–Trinajstić information content (AvgIpc) is 2.45. The van der Waals surface area contributed by atoms with Gasteiger partial charge in [-0.05, 0) is 37.6 Å². The van der Waals surface area contributed by atoms with Gasteiger partial charge in [0.25, 0.3) is 5.56 Å². The van der Waals surface area contributed by atoms with Crippen molar-refractivity contribution >= 4 is 17.6 Å². The molecule has 1 aromatic carbocycles. The Bertz CT molecular complexity index is 708. The third kappa shape index (κ3) is 3.70. The van der Waals surface area contributed by atoms with Gasteiger partial charge in [0, 0.05) is 5.02 Å². The number of halogens is 1. The largest absolute Gasteiger partial charge is 0.462 e. The van der Waals surface area contributed by atoms with Crippen LogP contribution < -0.4 is 5.56 Å². The van der Waals surface area contributed by atoms with E-state index in [9.17, 15) is 9.59 Å². The number of hydrogen-bond donors (Lipinski definition) is 0. The molecular weight excluding hydrogens is 292 g/mol. The molecule has 1 aromatic heterocycles. The van der Waals surface area contributed by atoms with Gasteiger partial charge in [0.2, 0.25) is 0 Å². The smallest absolute Gasteiger partial charge is 0.343 e. The number of nitrogens with zero attached hydrogens (tertiary/aromatic N) is 2. The number of hydrogen-bond acceptors (Lipinski definition) is 4. The predicted molar refractivity (Wildman–Crippen MR) is 79.7 cm³/mol. The summed E-state index contributed by atoms with van der Waals surface area (Å²) in [6, 6.07) is 8.54. The minimum atomic E-state index is -0.627. The first-order chi connectivity index (χ1) is 10.0. The third-order valence-electron chi connectivity index (χ3n) is 2.84. The zero-order valence-corrected chi connectivity index (χ0v) is 12.6. The van der Waals surface area contributed by atoms with Gasteiger partial charge in [-0.25, -0.2) is 9.48 Å². The fourth-order valence-electron chi connectivity index (χ4n) is 1.90. The van der Waals surface area contributed by atoms with E-state index in [2.05, 4.69) is 5.10 Å². The van der Waals surface area contributed by atoms with E-state index < -0.39 is 11.5 Å². The maximum Gasteiger partial charge on any atom is 0.343 e. The van der Waals surface area contributed by atoms with Crippen LogP contribution in [-0.4, -0.2) is 22.4 Å². The fraction of sp³-hybridized carbons (Fsp3) is 0.267. The van der Waals surface area contributed by atoms with Crippen LogP contribution in [0.4, 0.5) is 0 Å². The average molecular weight is 307 g/mol. The lowest BCUT2D eigenvalue weighted by Gasteiger charge is -2.08. The van der Waals surface area contributed by atoms with E-state index in [1.165, 1.54) is 10.7 Å². The molecular formula is C15H15ClN2O3. The van der Waals surface area contributed by atoms with Crippen LogP contribution in [0.25, 0.3) is 0 Å². The summed E-state index contributed by atoms with van der Waals surface area (Å²) >= 11 is 5.83. The summed E-state index contributed by atoms with van der Waals surface area (Å²) in [6.45, 7) is 3.90. The molecule has 0 saturated carbocycles. The summed E-state index contributed by atoms with van der Waals surface area (Å²) in [7, 11) is 0. The van der Waals surface area contributed by atoms with E-state index >= 15 is 0 Å². The Morgan fingerprint density at radius 2 is 2.00 bits per heavy atom. The van der Waals surface area contributed by atoms with E-state index in [1.54, 1.807) is 26.0 Å². The van der Waals surface area contributed by atoms with Crippen molar-refractivity contribution in [2.24, 2.45) is 0 Å². The molecule has 1 heterocycles. The molecule has 6 heteroatoms. The Labute approximate surface area is 127 Å². The van der Waals surface area contributed by atoms with Gasteiger partial charge in [-0.15, -0.1) is 0 Å². The van der Waals surface area contributed by atoms with Gasteiger partial charge < -0.3 is 4.74 Å². The zero-order chi connectivity index (χ0) is 15.4. The quantitative estimate of drug-likeness (QED) is 0.814. The first kappa shape index (κ1) is 15.3. The number of benzene rings is 1. The van der Waals surface area contributed by atoms with Crippen LogP contribution >= 0.6 is 11.6 Å². The monoisotopic (exact) mass is 306 g/mol. The minimum Gasteiger partial charge on any atom is -0.462 e. The first-order valence-corrected chi connectivity index (χ1v) is 6.89. The van der Waals surface area contributed by atoms with E-state index in [4.69, 9.17) is 16.3 Å². The van der Waals surface area contributed by atoms with Crippen LogP contribution in [0.5, 0.6) is 0 Å². The maximum atomic E-state index is 12.3. The van der Waals surface area contributed by atoms with E-state index in [1.807, 2.05) is 12.1 Å². The van der Waals surface area contributed by atoms with E-state index in [-0.39, 0.29) is 18.7 Å². The molecule has 0 fully saturated rings. The Morgan fingerprint density at radius 3 is 2.62 bits per heavy atom. The first-order valence-electron chi connectivity index (χ1n) is 6.51. The molecule has 0 aliphatic rings. The van der Waals surface area contributed by atoms with Crippen molar-refractivity contribution in [2.75, 3.05) is 6.61 Å². The van der Waals surface area contributed by atoms with Crippen molar-refractivity contribution in [3.05, 3.63) is 62.5 Å². The second kappa shape index (κ2) is 6.54. The van der Waals surface area contributed by atoms with Gasteiger partial charge in [-0.2, -0.15) is 5.10 Å². The summed E-state index contributed by atoms with van der Waals surface area (Å²) < 4.78 is 6.14. The molecule has 0 bridgehead atoms. The molecule has 2 aromatic rings. The topological polar surface area (TPSA) is 61.2 Å². The number of ether oxygens (including phenoxy) is 1. The van der Waals surface area contributed by atoms with Crippen LogP contribution in [0.2, 0.25) is 5.02 Å². The number of aryl methyl sites for hydroxylation is 1. The molecule has 0 unspecified atom stereocenters. The lowest BCUT2D eigenvalue weighted by Crippen LogP contribution is -2.30.